The molecule has 0 aliphatic rings. The second kappa shape index (κ2) is 8.52. The molecule has 10 heteroatoms. The number of carbonyl (C=O) groups is 1. The van der Waals surface area contributed by atoms with Gasteiger partial charge in [-0.1, -0.05) is 17.7 Å². The molecule has 0 atom stereocenters. The lowest BCUT2D eigenvalue weighted by atomic mass is 10.0. The van der Waals surface area contributed by atoms with Crippen LogP contribution in [-0.2, 0) is 14.8 Å². The second-order valence-electron chi connectivity index (χ2n) is 7.01. The SMILES string of the molecule is CC(=O)Nc1cc(-c2cnc(Cl)c(NS(=O)(=O)c3cccc4ncccc34)c2C)ccn1. The maximum Gasteiger partial charge on any atom is 0.262 e. The van der Waals surface area contributed by atoms with Gasteiger partial charge in [-0.3, -0.25) is 14.5 Å². The lowest BCUT2D eigenvalue weighted by Gasteiger charge is -2.16. The molecule has 1 amide bonds. The zero-order valence-electron chi connectivity index (χ0n) is 17.1. The molecule has 0 unspecified atom stereocenters. The minimum Gasteiger partial charge on any atom is -0.311 e. The van der Waals surface area contributed by atoms with Gasteiger partial charge < -0.3 is 5.32 Å². The van der Waals surface area contributed by atoms with Gasteiger partial charge in [-0.15, -0.1) is 0 Å². The second-order valence-corrected chi connectivity index (χ2v) is 9.01. The van der Waals surface area contributed by atoms with Crippen LogP contribution >= 0.6 is 11.6 Å². The maximum atomic E-state index is 13.3. The molecule has 4 rings (SSSR count). The molecule has 0 aliphatic heterocycles. The first-order valence-corrected chi connectivity index (χ1v) is 11.4. The Morgan fingerprint density at radius 1 is 1.03 bits per heavy atom. The molecular weight excluding hydrogens is 450 g/mol. The third kappa shape index (κ3) is 4.25. The van der Waals surface area contributed by atoms with E-state index in [1.165, 1.54) is 13.0 Å². The van der Waals surface area contributed by atoms with Gasteiger partial charge in [0, 0.05) is 36.5 Å². The quantitative estimate of drug-likeness (QED) is 0.420. The van der Waals surface area contributed by atoms with Gasteiger partial charge >= 0.3 is 0 Å². The number of amides is 1. The molecule has 2 N–H and O–H groups in total. The summed E-state index contributed by atoms with van der Waals surface area (Å²) < 4.78 is 29.1. The first-order valence-electron chi connectivity index (χ1n) is 9.52. The molecule has 3 aromatic heterocycles. The van der Waals surface area contributed by atoms with Crippen molar-refractivity contribution in [1.29, 1.82) is 0 Å². The van der Waals surface area contributed by atoms with Crippen LogP contribution in [0.5, 0.6) is 0 Å². The lowest BCUT2D eigenvalue weighted by molar-refractivity contribution is -0.114. The fourth-order valence-electron chi connectivity index (χ4n) is 3.33. The number of hydrogen-bond acceptors (Lipinski definition) is 6. The highest BCUT2D eigenvalue weighted by Crippen LogP contribution is 2.35. The Hall–Kier alpha value is -3.56. The van der Waals surface area contributed by atoms with Crippen molar-refractivity contribution in [3.05, 3.63) is 71.8 Å². The molecule has 0 aliphatic carbocycles. The van der Waals surface area contributed by atoms with Gasteiger partial charge in [0.25, 0.3) is 10.0 Å². The minimum atomic E-state index is -3.99. The summed E-state index contributed by atoms with van der Waals surface area (Å²) in [6.45, 7) is 3.13. The summed E-state index contributed by atoms with van der Waals surface area (Å²) in [5, 5.41) is 3.14. The van der Waals surface area contributed by atoms with E-state index >= 15 is 0 Å². The Morgan fingerprint density at radius 3 is 2.62 bits per heavy atom. The number of rotatable bonds is 5. The van der Waals surface area contributed by atoms with Gasteiger partial charge in [-0.2, -0.15) is 0 Å². The van der Waals surface area contributed by atoms with Crippen molar-refractivity contribution in [1.82, 2.24) is 15.0 Å². The number of benzene rings is 1. The Labute approximate surface area is 189 Å². The third-order valence-corrected chi connectivity index (χ3v) is 6.49. The summed E-state index contributed by atoms with van der Waals surface area (Å²) >= 11 is 6.28. The molecule has 1 aromatic carbocycles. The van der Waals surface area contributed by atoms with E-state index in [0.717, 1.165) is 0 Å². The fraction of sp³-hybridized carbons (Fsp3) is 0.0909. The normalized spacial score (nSPS) is 11.3. The molecule has 8 nitrogen and oxygen atoms in total. The van der Waals surface area contributed by atoms with Crippen LogP contribution < -0.4 is 10.0 Å². The first-order chi connectivity index (χ1) is 15.3. The van der Waals surface area contributed by atoms with E-state index in [4.69, 9.17) is 11.6 Å². The zero-order valence-corrected chi connectivity index (χ0v) is 18.7. The highest BCUT2D eigenvalue weighted by Gasteiger charge is 2.22. The molecule has 162 valence electrons. The summed E-state index contributed by atoms with van der Waals surface area (Å²) in [4.78, 5) is 23.9. The molecule has 0 saturated carbocycles. The Bertz CT molecular complexity index is 1450. The van der Waals surface area contributed by atoms with Crippen LogP contribution in [0.1, 0.15) is 12.5 Å². The van der Waals surface area contributed by atoms with Crippen LogP contribution in [-0.4, -0.2) is 29.3 Å². The van der Waals surface area contributed by atoms with E-state index in [-0.39, 0.29) is 21.6 Å². The standard InChI is InChI=1S/C22H18ClN5O3S/c1-13-17(15-8-10-25-20(11-15)27-14(2)29)12-26-22(23)21(13)28-32(30,31)19-7-3-6-18-16(19)5-4-9-24-18/h3-12,28H,1-2H3,(H,25,27,29). The van der Waals surface area contributed by atoms with Crippen LogP contribution in [0.25, 0.3) is 22.0 Å². The number of fused-ring (bicyclic) bond motifs is 1. The molecule has 0 bridgehead atoms. The number of sulfonamides is 1. The number of aromatic nitrogens is 3. The number of carbonyl (C=O) groups excluding carboxylic acids is 1. The summed E-state index contributed by atoms with van der Waals surface area (Å²) in [5.41, 5.74) is 2.64. The Morgan fingerprint density at radius 2 is 1.84 bits per heavy atom. The first kappa shape index (κ1) is 21.7. The fourth-order valence-corrected chi connectivity index (χ4v) is 4.97. The number of nitrogens with zero attached hydrogens (tertiary/aromatic N) is 3. The van der Waals surface area contributed by atoms with Gasteiger partial charge in [0.2, 0.25) is 5.91 Å². The summed E-state index contributed by atoms with van der Waals surface area (Å²) in [6, 6.07) is 11.7. The van der Waals surface area contributed by atoms with E-state index in [0.29, 0.717) is 33.4 Å². The van der Waals surface area contributed by atoms with Crippen LogP contribution in [0.3, 0.4) is 0 Å². The van der Waals surface area contributed by atoms with Crippen LogP contribution in [0.4, 0.5) is 11.5 Å². The Kier molecular flexibility index (Phi) is 5.77. The molecule has 4 aromatic rings. The van der Waals surface area contributed by atoms with Gasteiger partial charge in [0.05, 0.1) is 16.1 Å². The number of nitrogens with one attached hydrogen (secondary N) is 2. The van der Waals surface area contributed by atoms with Crippen LogP contribution in [0.2, 0.25) is 5.15 Å². The van der Waals surface area contributed by atoms with Crippen molar-refractivity contribution in [2.24, 2.45) is 0 Å². The predicted molar refractivity (Wildman–Crippen MR) is 124 cm³/mol. The van der Waals surface area contributed by atoms with Crippen molar-refractivity contribution in [2.45, 2.75) is 18.7 Å². The monoisotopic (exact) mass is 467 g/mol. The van der Waals surface area contributed by atoms with Crippen molar-refractivity contribution >= 4 is 49.9 Å². The lowest BCUT2D eigenvalue weighted by Crippen LogP contribution is -2.15. The topological polar surface area (TPSA) is 114 Å². The molecule has 0 fully saturated rings. The van der Waals surface area contributed by atoms with Crippen molar-refractivity contribution in [2.75, 3.05) is 10.0 Å². The maximum absolute atomic E-state index is 13.3. The number of halogens is 1. The average molecular weight is 468 g/mol. The van der Waals surface area contributed by atoms with Crippen molar-refractivity contribution < 1.29 is 13.2 Å². The van der Waals surface area contributed by atoms with Crippen molar-refractivity contribution in [3.63, 3.8) is 0 Å². The molecular formula is C22H18ClN5O3S. The van der Waals surface area contributed by atoms with Crippen LogP contribution in [0.15, 0.2) is 66.0 Å². The summed E-state index contributed by atoms with van der Waals surface area (Å²) in [6.07, 6.45) is 4.69. The number of pyridine rings is 3. The van der Waals surface area contributed by atoms with Gasteiger partial charge in [0.1, 0.15) is 5.82 Å². The molecule has 32 heavy (non-hydrogen) atoms. The van der Waals surface area contributed by atoms with Gasteiger partial charge in [-0.05, 0) is 54.4 Å². The predicted octanol–water partition coefficient (Wildman–Crippen LogP) is 4.41. The molecule has 3 heterocycles. The van der Waals surface area contributed by atoms with E-state index < -0.39 is 10.0 Å². The van der Waals surface area contributed by atoms with Gasteiger partial charge in [0.15, 0.2) is 5.15 Å². The van der Waals surface area contributed by atoms with E-state index in [1.54, 1.807) is 61.9 Å². The average Bonchev–Trinajstić information content (AvgIpc) is 2.76. The highest BCUT2D eigenvalue weighted by atomic mass is 35.5. The highest BCUT2D eigenvalue weighted by molar-refractivity contribution is 7.93. The largest absolute Gasteiger partial charge is 0.311 e. The molecule has 0 saturated heterocycles. The van der Waals surface area contributed by atoms with Crippen molar-refractivity contribution in [3.8, 4) is 11.1 Å². The summed E-state index contributed by atoms with van der Waals surface area (Å²) in [5.74, 6) is 0.119. The Balaban J connectivity index is 1.78. The number of hydrogen-bond donors (Lipinski definition) is 2. The van der Waals surface area contributed by atoms with E-state index in [2.05, 4.69) is 25.0 Å². The van der Waals surface area contributed by atoms with E-state index in [9.17, 15) is 13.2 Å². The van der Waals surface area contributed by atoms with Gasteiger partial charge in [-0.25, -0.2) is 18.4 Å². The zero-order chi connectivity index (χ0) is 22.9. The minimum absolute atomic E-state index is 0.0179. The molecule has 0 spiro atoms. The van der Waals surface area contributed by atoms with Crippen LogP contribution in [0, 0.1) is 6.92 Å². The molecule has 0 radical (unpaired) electrons. The smallest absolute Gasteiger partial charge is 0.262 e. The summed E-state index contributed by atoms with van der Waals surface area (Å²) in [7, 11) is -3.99. The van der Waals surface area contributed by atoms with E-state index in [1.807, 2.05) is 0 Å². The number of anilines is 2. The third-order valence-electron chi connectivity index (χ3n) is 4.80.